The minimum atomic E-state index is 0.995. The first-order valence-corrected chi connectivity index (χ1v) is 9.40. The molecule has 0 amide bonds. The number of fused-ring (bicyclic) bond motifs is 1. The maximum Gasteiger partial charge on any atom is -0.00208 e. The Labute approximate surface area is 167 Å². The average Bonchev–Trinajstić information content (AvgIpc) is 2.94. The predicted octanol–water partition coefficient (Wildman–Crippen LogP) is 7.90. The zero-order valence-corrected chi connectivity index (χ0v) is 15.9. The van der Waals surface area contributed by atoms with Gasteiger partial charge < -0.3 is 0 Å². The molecule has 3 aromatic rings. The van der Waals surface area contributed by atoms with E-state index in [0.29, 0.717) is 0 Å². The van der Waals surface area contributed by atoms with Crippen LogP contribution < -0.4 is 0 Å². The molecule has 0 fully saturated rings. The molecule has 1 aliphatic rings. The Balaban J connectivity index is 2.23. The second-order valence-corrected chi connectivity index (χ2v) is 6.75. The maximum atomic E-state index is 4.38. The number of allylic oxidation sites excluding steroid dienone is 4. The van der Waals surface area contributed by atoms with Crippen molar-refractivity contribution < 1.29 is 0 Å². The highest BCUT2D eigenvalue weighted by atomic mass is 14.3. The summed E-state index contributed by atoms with van der Waals surface area (Å²) in [4.78, 5) is 0. The van der Waals surface area contributed by atoms with Crippen molar-refractivity contribution in [3.05, 3.63) is 121 Å². The monoisotopic (exact) mass is 358 g/mol. The van der Waals surface area contributed by atoms with E-state index < -0.39 is 0 Å². The van der Waals surface area contributed by atoms with E-state index in [1.165, 1.54) is 11.1 Å². The van der Waals surface area contributed by atoms with Crippen LogP contribution in [0.15, 0.2) is 98.6 Å². The summed E-state index contributed by atoms with van der Waals surface area (Å²) in [5, 5.41) is 0. The van der Waals surface area contributed by atoms with Gasteiger partial charge in [0.15, 0.2) is 0 Å². The normalized spacial score (nSPS) is 12.4. The summed E-state index contributed by atoms with van der Waals surface area (Å²) in [5.74, 6) is 0. The average molecular weight is 358 g/mol. The van der Waals surface area contributed by atoms with Crippen molar-refractivity contribution in [1.82, 2.24) is 0 Å². The first-order valence-electron chi connectivity index (χ1n) is 9.40. The second kappa shape index (κ2) is 7.54. The summed E-state index contributed by atoms with van der Waals surface area (Å²) in [5.41, 5.74) is 10.1. The molecular formula is C28H22. The molecule has 0 nitrogen and oxygen atoms in total. The molecule has 0 N–H and O–H groups in total. The SMILES string of the molecule is C=Cc1c(C=C)c(-c2ccccc2)c2c(c1-c1ccccc1)C=CC=CC2=C. The third-order valence-corrected chi connectivity index (χ3v) is 5.14. The van der Waals surface area contributed by atoms with Crippen molar-refractivity contribution >= 4 is 23.8 Å². The zero-order valence-electron chi connectivity index (χ0n) is 15.9. The molecule has 134 valence electrons. The van der Waals surface area contributed by atoms with E-state index in [-0.39, 0.29) is 0 Å². The topological polar surface area (TPSA) is 0 Å². The molecule has 0 atom stereocenters. The Hall–Kier alpha value is -3.64. The molecular weight excluding hydrogens is 336 g/mol. The van der Waals surface area contributed by atoms with Gasteiger partial charge in [0.2, 0.25) is 0 Å². The van der Waals surface area contributed by atoms with Crippen LogP contribution in [-0.2, 0) is 0 Å². The fraction of sp³-hybridized carbons (Fsp3) is 0. The Morgan fingerprint density at radius 2 is 1.07 bits per heavy atom. The Kier molecular flexibility index (Phi) is 4.78. The van der Waals surface area contributed by atoms with E-state index in [1.54, 1.807) is 0 Å². The smallest absolute Gasteiger partial charge is 0.00208 e. The third-order valence-electron chi connectivity index (χ3n) is 5.14. The number of rotatable bonds is 4. The molecule has 0 unspecified atom stereocenters. The molecule has 0 radical (unpaired) electrons. The molecule has 1 aliphatic carbocycles. The first kappa shape index (κ1) is 17.8. The number of benzene rings is 3. The van der Waals surface area contributed by atoms with Crippen LogP contribution in [0.25, 0.3) is 46.1 Å². The van der Waals surface area contributed by atoms with E-state index in [4.69, 9.17) is 0 Å². The fourth-order valence-corrected chi connectivity index (χ4v) is 3.96. The van der Waals surface area contributed by atoms with Crippen LogP contribution in [0.1, 0.15) is 22.3 Å². The van der Waals surface area contributed by atoms with Gasteiger partial charge in [0.1, 0.15) is 0 Å². The summed E-state index contributed by atoms with van der Waals surface area (Å²) in [6.07, 6.45) is 12.3. The Morgan fingerprint density at radius 1 is 0.571 bits per heavy atom. The van der Waals surface area contributed by atoms with Crippen LogP contribution in [0.4, 0.5) is 0 Å². The molecule has 0 heterocycles. The van der Waals surface area contributed by atoms with E-state index in [1.807, 2.05) is 30.4 Å². The van der Waals surface area contributed by atoms with Gasteiger partial charge in [-0.15, -0.1) is 0 Å². The quantitative estimate of drug-likeness (QED) is 0.444. The largest absolute Gasteiger partial charge is 0.0984 e. The van der Waals surface area contributed by atoms with E-state index in [0.717, 1.165) is 39.0 Å². The van der Waals surface area contributed by atoms with Crippen LogP contribution in [-0.4, -0.2) is 0 Å². The molecule has 0 aliphatic heterocycles. The molecule has 0 aromatic heterocycles. The first-order chi connectivity index (χ1) is 13.8. The Morgan fingerprint density at radius 3 is 1.64 bits per heavy atom. The third kappa shape index (κ3) is 2.90. The van der Waals surface area contributed by atoms with Crippen LogP contribution in [0, 0.1) is 0 Å². The van der Waals surface area contributed by atoms with Gasteiger partial charge in [-0.25, -0.2) is 0 Å². The van der Waals surface area contributed by atoms with Crippen molar-refractivity contribution in [3.63, 3.8) is 0 Å². The fourth-order valence-electron chi connectivity index (χ4n) is 3.96. The van der Waals surface area contributed by atoms with Crippen molar-refractivity contribution in [3.8, 4) is 22.3 Å². The van der Waals surface area contributed by atoms with Crippen LogP contribution >= 0.6 is 0 Å². The molecule has 0 heteroatoms. The van der Waals surface area contributed by atoms with Gasteiger partial charge in [0, 0.05) is 0 Å². The van der Waals surface area contributed by atoms with E-state index >= 15 is 0 Å². The van der Waals surface area contributed by atoms with Gasteiger partial charge in [0.25, 0.3) is 0 Å². The Bertz CT molecular complexity index is 1120. The molecule has 0 bridgehead atoms. The summed E-state index contributed by atoms with van der Waals surface area (Å²) >= 11 is 0. The lowest BCUT2D eigenvalue weighted by atomic mass is 9.79. The maximum absolute atomic E-state index is 4.38. The predicted molar refractivity (Wildman–Crippen MR) is 125 cm³/mol. The lowest BCUT2D eigenvalue weighted by molar-refractivity contribution is 1.49. The van der Waals surface area contributed by atoms with Gasteiger partial charge in [-0.2, -0.15) is 0 Å². The molecule has 0 spiro atoms. The van der Waals surface area contributed by atoms with Gasteiger partial charge in [-0.3, -0.25) is 0 Å². The van der Waals surface area contributed by atoms with Gasteiger partial charge in [0.05, 0.1) is 0 Å². The molecule has 28 heavy (non-hydrogen) atoms. The van der Waals surface area contributed by atoms with Gasteiger partial charge >= 0.3 is 0 Å². The summed E-state index contributed by atoms with van der Waals surface area (Å²) in [7, 11) is 0. The highest BCUT2D eigenvalue weighted by molar-refractivity contribution is 6.02. The zero-order chi connectivity index (χ0) is 19.5. The lowest BCUT2D eigenvalue weighted by Gasteiger charge is -2.24. The number of hydrogen-bond donors (Lipinski definition) is 0. The van der Waals surface area contributed by atoms with Crippen molar-refractivity contribution in [2.24, 2.45) is 0 Å². The van der Waals surface area contributed by atoms with Crippen LogP contribution in [0.5, 0.6) is 0 Å². The van der Waals surface area contributed by atoms with Gasteiger partial charge in [-0.1, -0.05) is 117 Å². The van der Waals surface area contributed by atoms with Crippen molar-refractivity contribution in [2.75, 3.05) is 0 Å². The van der Waals surface area contributed by atoms with Crippen molar-refractivity contribution in [1.29, 1.82) is 0 Å². The van der Waals surface area contributed by atoms with Gasteiger partial charge in [-0.05, 0) is 50.1 Å². The van der Waals surface area contributed by atoms with Crippen molar-refractivity contribution in [2.45, 2.75) is 0 Å². The van der Waals surface area contributed by atoms with E-state index in [2.05, 4.69) is 86.5 Å². The molecule has 3 aromatic carbocycles. The molecule has 4 rings (SSSR count). The highest BCUT2D eigenvalue weighted by Gasteiger charge is 2.23. The minimum absolute atomic E-state index is 0.995. The van der Waals surface area contributed by atoms with Crippen LogP contribution in [0.2, 0.25) is 0 Å². The standard InChI is InChI=1S/C28H22/c1-4-23-24(5-2)28(22-17-10-7-11-18-22)26-20(3)14-12-13-19-25(26)27(23)21-15-8-6-9-16-21/h4-19H,1-3H2. The molecule has 0 saturated carbocycles. The molecule has 0 saturated heterocycles. The summed E-state index contributed by atoms with van der Waals surface area (Å²) in [6.45, 7) is 12.7. The van der Waals surface area contributed by atoms with E-state index in [9.17, 15) is 0 Å². The lowest BCUT2D eigenvalue weighted by Crippen LogP contribution is -2.02. The van der Waals surface area contributed by atoms with Crippen LogP contribution in [0.3, 0.4) is 0 Å². The summed E-state index contributed by atoms with van der Waals surface area (Å²) in [6, 6.07) is 20.9. The number of hydrogen-bond acceptors (Lipinski definition) is 0. The highest BCUT2D eigenvalue weighted by Crippen LogP contribution is 2.45. The minimum Gasteiger partial charge on any atom is -0.0984 e. The second-order valence-electron chi connectivity index (χ2n) is 6.75. The summed E-state index contributed by atoms with van der Waals surface area (Å²) < 4.78 is 0.